The quantitative estimate of drug-likeness (QED) is 0.692. The van der Waals surface area contributed by atoms with E-state index in [9.17, 15) is 0 Å². The predicted molar refractivity (Wildman–Crippen MR) is 86.0 cm³/mol. The molecule has 2 fully saturated rings. The molecule has 0 amide bonds. The maximum atomic E-state index is 6.55. The van der Waals surface area contributed by atoms with E-state index in [-0.39, 0.29) is 0 Å². The molecule has 1 spiro atoms. The van der Waals surface area contributed by atoms with E-state index in [2.05, 4.69) is 26.1 Å². The summed E-state index contributed by atoms with van der Waals surface area (Å²) >= 11 is 0. The minimum absolute atomic E-state index is 0.293. The maximum absolute atomic E-state index is 6.55. The molecular formula is C18H35NO. The molecule has 2 aliphatic rings. The molecule has 0 radical (unpaired) electrons. The van der Waals surface area contributed by atoms with Crippen LogP contribution in [-0.2, 0) is 4.74 Å². The first-order valence-electron chi connectivity index (χ1n) is 9.04. The Hall–Kier alpha value is -0.0800. The highest BCUT2D eigenvalue weighted by atomic mass is 16.5. The maximum Gasteiger partial charge on any atom is 0.0687 e. The van der Waals surface area contributed by atoms with Crippen LogP contribution in [0.5, 0.6) is 0 Å². The van der Waals surface area contributed by atoms with Gasteiger partial charge in [-0.2, -0.15) is 0 Å². The first kappa shape index (κ1) is 16.3. The van der Waals surface area contributed by atoms with Crippen molar-refractivity contribution in [3.05, 3.63) is 0 Å². The lowest BCUT2D eigenvalue weighted by atomic mass is 9.82. The minimum Gasteiger partial charge on any atom is -0.372 e. The number of hydrogen-bond donors (Lipinski definition) is 1. The van der Waals surface area contributed by atoms with Gasteiger partial charge >= 0.3 is 0 Å². The fraction of sp³-hybridized carbons (Fsp3) is 1.00. The molecule has 20 heavy (non-hydrogen) atoms. The molecule has 1 saturated carbocycles. The Kier molecular flexibility index (Phi) is 6.35. The van der Waals surface area contributed by atoms with Crippen molar-refractivity contribution in [3.63, 3.8) is 0 Å². The zero-order valence-corrected chi connectivity index (χ0v) is 13.9. The second-order valence-electron chi connectivity index (χ2n) is 7.47. The third-order valence-electron chi connectivity index (χ3n) is 5.45. The summed E-state index contributed by atoms with van der Waals surface area (Å²) in [5.41, 5.74) is 0.293. The van der Waals surface area contributed by atoms with Crippen molar-refractivity contribution < 1.29 is 4.74 Å². The topological polar surface area (TPSA) is 21.3 Å². The lowest BCUT2D eigenvalue weighted by Crippen LogP contribution is -2.34. The van der Waals surface area contributed by atoms with Gasteiger partial charge in [0, 0.05) is 0 Å². The van der Waals surface area contributed by atoms with Gasteiger partial charge in [-0.25, -0.2) is 0 Å². The largest absolute Gasteiger partial charge is 0.372 e. The highest BCUT2D eigenvalue weighted by molar-refractivity contribution is 4.92. The van der Waals surface area contributed by atoms with Gasteiger partial charge in [-0.3, -0.25) is 0 Å². The molecule has 118 valence electrons. The average molecular weight is 281 g/mol. The first-order chi connectivity index (χ1) is 9.65. The SMILES string of the molecule is CCCNCC(CC1CCC2(CCCCC2)O1)C(C)C. The summed E-state index contributed by atoms with van der Waals surface area (Å²) in [6.45, 7) is 9.29. The predicted octanol–water partition coefficient (Wildman–Crippen LogP) is 4.53. The Balaban J connectivity index is 1.79. The van der Waals surface area contributed by atoms with Crippen LogP contribution in [0.15, 0.2) is 0 Å². The van der Waals surface area contributed by atoms with Crippen LogP contribution in [-0.4, -0.2) is 24.8 Å². The van der Waals surface area contributed by atoms with Gasteiger partial charge in [0.25, 0.3) is 0 Å². The second kappa shape index (κ2) is 7.79. The summed E-state index contributed by atoms with van der Waals surface area (Å²) in [5, 5.41) is 3.61. The zero-order valence-electron chi connectivity index (χ0n) is 13.9. The second-order valence-corrected chi connectivity index (χ2v) is 7.47. The van der Waals surface area contributed by atoms with Crippen LogP contribution in [0.4, 0.5) is 0 Å². The third kappa shape index (κ3) is 4.46. The summed E-state index contributed by atoms with van der Waals surface area (Å²) in [4.78, 5) is 0. The highest BCUT2D eigenvalue weighted by Gasteiger charge is 2.41. The van der Waals surface area contributed by atoms with Gasteiger partial charge in [-0.05, 0) is 63.5 Å². The van der Waals surface area contributed by atoms with Gasteiger partial charge in [0.05, 0.1) is 11.7 Å². The molecule has 2 unspecified atom stereocenters. The standard InChI is InChI=1S/C18H35NO/c1-4-12-19-14-16(15(2)3)13-17-8-11-18(20-17)9-6-5-7-10-18/h15-17,19H,4-14H2,1-3H3. The molecule has 1 aliphatic carbocycles. The van der Waals surface area contributed by atoms with Crippen LogP contribution < -0.4 is 5.32 Å². The molecule has 0 aromatic heterocycles. The Morgan fingerprint density at radius 3 is 2.55 bits per heavy atom. The smallest absolute Gasteiger partial charge is 0.0687 e. The number of nitrogens with one attached hydrogen (secondary N) is 1. The molecule has 2 rings (SSSR count). The monoisotopic (exact) mass is 281 g/mol. The Morgan fingerprint density at radius 2 is 1.90 bits per heavy atom. The van der Waals surface area contributed by atoms with Crippen molar-refractivity contribution >= 4 is 0 Å². The van der Waals surface area contributed by atoms with Crippen molar-refractivity contribution in [1.29, 1.82) is 0 Å². The Morgan fingerprint density at radius 1 is 1.15 bits per heavy atom. The Bertz CT molecular complexity index is 271. The van der Waals surface area contributed by atoms with Crippen LogP contribution in [0.3, 0.4) is 0 Å². The van der Waals surface area contributed by atoms with Crippen molar-refractivity contribution in [2.45, 2.75) is 90.3 Å². The lowest BCUT2D eigenvalue weighted by Gasteiger charge is -2.34. The molecule has 1 saturated heterocycles. The van der Waals surface area contributed by atoms with Crippen LogP contribution in [0.1, 0.15) is 78.6 Å². The summed E-state index contributed by atoms with van der Waals surface area (Å²) in [6.07, 6.45) is 12.5. The molecule has 0 aromatic carbocycles. The van der Waals surface area contributed by atoms with E-state index >= 15 is 0 Å². The lowest BCUT2D eigenvalue weighted by molar-refractivity contribution is -0.0713. The van der Waals surface area contributed by atoms with Crippen LogP contribution >= 0.6 is 0 Å². The van der Waals surface area contributed by atoms with Crippen molar-refractivity contribution in [2.24, 2.45) is 11.8 Å². The number of rotatable bonds is 7. The minimum atomic E-state index is 0.293. The van der Waals surface area contributed by atoms with Gasteiger partial charge in [0.15, 0.2) is 0 Å². The van der Waals surface area contributed by atoms with E-state index in [0.29, 0.717) is 11.7 Å². The molecule has 0 bridgehead atoms. The van der Waals surface area contributed by atoms with E-state index < -0.39 is 0 Å². The molecule has 2 heteroatoms. The van der Waals surface area contributed by atoms with Gasteiger partial charge in [0.2, 0.25) is 0 Å². The summed E-state index contributed by atoms with van der Waals surface area (Å²) < 4.78 is 6.55. The summed E-state index contributed by atoms with van der Waals surface area (Å²) in [6, 6.07) is 0. The highest BCUT2D eigenvalue weighted by Crippen LogP contribution is 2.43. The zero-order chi connectivity index (χ0) is 14.4. The van der Waals surface area contributed by atoms with Crippen LogP contribution in [0.25, 0.3) is 0 Å². The third-order valence-corrected chi connectivity index (χ3v) is 5.45. The Labute approximate surface area is 126 Å². The summed E-state index contributed by atoms with van der Waals surface area (Å²) in [7, 11) is 0. The first-order valence-corrected chi connectivity index (χ1v) is 9.04. The van der Waals surface area contributed by atoms with Crippen molar-refractivity contribution in [2.75, 3.05) is 13.1 Å². The molecule has 2 atom stereocenters. The van der Waals surface area contributed by atoms with Crippen LogP contribution in [0, 0.1) is 11.8 Å². The van der Waals surface area contributed by atoms with Crippen molar-refractivity contribution in [3.8, 4) is 0 Å². The van der Waals surface area contributed by atoms with E-state index in [1.807, 2.05) is 0 Å². The molecule has 1 aliphatic heterocycles. The van der Waals surface area contributed by atoms with Crippen molar-refractivity contribution in [1.82, 2.24) is 5.32 Å². The van der Waals surface area contributed by atoms with Crippen LogP contribution in [0.2, 0.25) is 0 Å². The van der Waals surface area contributed by atoms with Gasteiger partial charge in [-0.1, -0.05) is 40.0 Å². The molecule has 1 N–H and O–H groups in total. The molecule has 2 nitrogen and oxygen atoms in total. The van der Waals surface area contributed by atoms with E-state index in [1.165, 1.54) is 64.3 Å². The van der Waals surface area contributed by atoms with E-state index in [0.717, 1.165) is 18.4 Å². The fourth-order valence-corrected chi connectivity index (χ4v) is 4.02. The number of hydrogen-bond acceptors (Lipinski definition) is 2. The average Bonchev–Trinajstić information content (AvgIpc) is 2.81. The molecule has 0 aromatic rings. The molecule has 1 heterocycles. The summed E-state index contributed by atoms with van der Waals surface area (Å²) in [5.74, 6) is 1.52. The van der Waals surface area contributed by atoms with E-state index in [4.69, 9.17) is 4.74 Å². The normalized spacial score (nSPS) is 27.3. The number of ether oxygens (including phenoxy) is 1. The fourth-order valence-electron chi connectivity index (χ4n) is 4.02. The van der Waals surface area contributed by atoms with E-state index in [1.54, 1.807) is 0 Å². The van der Waals surface area contributed by atoms with Gasteiger partial charge in [0.1, 0.15) is 0 Å². The van der Waals surface area contributed by atoms with Gasteiger partial charge < -0.3 is 10.1 Å². The molecular weight excluding hydrogens is 246 g/mol. The van der Waals surface area contributed by atoms with Gasteiger partial charge in [-0.15, -0.1) is 0 Å².